The average molecular weight is 366 g/mol. The zero-order valence-corrected chi connectivity index (χ0v) is 14.8. The van der Waals surface area contributed by atoms with Gasteiger partial charge in [0.2, 0.25) is 0 Å². The first-order valence-electron chi connectivity index (χ1n) is 6.51. The zero-order valence-electron chi connectivity index (χ0n) is 11.6. The van der Waals surface area contributed by atoms with Crippen molar-refractivity contribution < 1.29 is 0 Å². The molecule has 0 aliphatic heterocycles. The fourth-order valence-corrected chi connectivity index (χ4v) is 4.38. The van der Waals surface area contributed by atoms with Crippen LogP contribution >= 0.6 is 46.3 Å². The summed E-state index contributed by atoms with van der Waals surface area (Å²) >= 11 is 15.3. The quantitative estimate of drug-likeness (QED) is 0.537. The minimum Gasteiger partial charge on any atom is -0.137 e. The highest BCUT2D eigenvalue weighted by Crippen LogP contribution is 2.35. The smallest absolute Gasteiger partial charge is 0.137 e. The fraction of sp³-hybridized carbons (Fsp3) is 0.125. The van der Waals surface area contributed by atoms with E-state index in [1.807, 2.05) is 18.2 Å². The molecule has 3 aromatic rings. The summed E-state index contributed by atoms with van der Waals surface area (Å²) in [4.78, 5) is 0. The van der Waals surface area contributed by atoms with Gasteiger partial charge in [0, 0.05) is 16.3 Å². The third kappa shape index (κ3) is 3.63. The van der Waals surface area contributed by atoms with Crippen LogP contribution in [0.15, 0.2) is 40.7 Å². The molecule has 1 radical (unpaired) electrons. The van der Waals surface area contributed by atoms with Gasteiger partial charge in [-0.2, -0.15) is 0 Å². The van der Waals surface area contributed by atoms with E-state index in [4.69, 9.17) is 23.2 Å². The average Bonchev–Trinajstić information content (AvgIpc) is 2.95. The van der Waals surface area contributed by atoms with E-state index in [0.29, 0.717) is 10.0 Å². The van der Waals surface area contributed by atoms with Gasteiger partial charge in [0.15, 0.2) is 4.34 Å². The normalized spacial score (nSPS) is 10.9. The van der Waals surface area contributed by atoms with Crippen molar-refractivity contribution in [1.29, 1.82) is 0 Å². The molecule has 22 heavy (non-hydrogen) atoms. The summed E-state index contributed by atoms with van der Waals surface area (Å²) in [6.07, 6.45) is 0. The van der Waals surface area contributed by atoms with Gasteiger partial charge in [-0.1, -0.05) is 64.5 Å². The number of aryl methyl sites for hydroxylation is 1. The third-order valence-corrected chi connectivity index (χ3v) is 5.75. The van der Waals surface area contributed by atoms with Gasteiger partial charge in [0.1, 0.15) is 5.01 Å². The molecule has 6 heteroatoms. The topological polar surface area (TPSA) is 25.8 Å². The Morgan fingerprint density at radius 1 is 1.23 bits per heavy atom. The molecule has 0 aliphatic carbocycles. The van der Waals surface area contributed by atoms with Crippen molar-refractivity contribution in [3.63, 3.8) is 0 Å². The molecule has 0 amide bonds. The molecule has 0 fully saturated rings. The monoisotopic (exact) mass is 365 g/mol. The number of halogens is 2. The largest absolute Gasteiger partial charge is 0.174 e. The molecule has 1 heterocycles. The number of thioether (sulfide) groups is 1. The predicted molar refractivity (Wildman–Crippen MR) is 94.9 cm³/mol. The maximum atomic E-state index is 6.21. The van der Waals surface area contributed by atoms with Gasteiger partial charge < -0.3 is 0 Å². The van der Waals surface area contributed by atoms with E-state index in [0.717, 1.165) is 20.7 Å². The van der Waals surface area contributed by atoms with Crippen LogP contribution in [-0.2, 0) is 5.75 Å². The molecule has 0 aliphatic rings. The van der Waals surface area contributed by atoms with Gasteiger partial charge in [0.25, 0.3) is 0 Å². The van der Waals surface area contributed by atoms with Crippen LogP contribution in [0.1, 0.15) is 11.1 Å². The lowest BCUT2D eigenvalue weighted by Gasteiger charge is -2.02. The van der Waals surface area contributed by atoms with E-state index in [9.17, 15) is 0 Å². The van der Waals surface area contributed by atoms with Crippen molar-refractivity contribution in [1.82, 2.24) is 10.2 Å². The first-order valence-corrected chi connectivity index (χ1v) is 9.07. The van der Waals surface area contributed by atoms with E-state index >= 15 is 0 Å². The molecule has 1 aromatic heterocycles. The summed E-state index contributed by atoms with van der Waals surface area (Å²) in [6.45, 7) is 2.09. The first kappa shape index (κ1) is 15.8. The predicted octanol–water partition coefficient (Wildman–Crippen LogP) is 5.91. The molecule has 3 rings (SSSR count). The number of nitrogens with zero attached hydrogens (tertiary/aromatic N) is 2. The first-order chi connectivity index (χ1) is 10.6. The maximum absolute atomic E-state index is 6.21. The van der Waals surface area contributed by atoms with E-state index < -0.39 is 0 Å². The molecule has 0 atom stereocenters. The van der Waals surface area contributed by atoms with Gasteiger partial charge >= 0.3 is 0 Å². The van der Waals surface area contributed by atoms with Crippen LogP contribution in [-0.4, -0.2) is 10.2 Å². The second-order valence-corrected chi connectivity index (χ2v) is 7.66. The van der Waals surface area contributed by atoms with Crippen molar-refractivity contribution in [2.75, 3.05) is 0 Å². The Morgan fingerprint density at radius 2 is 2.09 bits per heavy atom. The highest BCUT2D eigenvalue weighted by molar-refractivity contribution is 8.00. The van der Waals surface area contributed by atoms with Gasteiger partial charge in [-0.05, 0) is 42.3 Å². The summed E-state index contributed by atoms with van der Waals surface area (Å²) in [5.74, 6) is 0.829. The van der Waals surface area contributed by atoms with Crippen LogP contribution in [0, 0.1) is 13.0 Å². The molecule has 0 bridgehead atoms. The molecular weight excluding hydrogens is 355 g/mol. The maximum Gasteiger partial charge on any atom is 0.174 e. The molecule has 2 aromatic carbocycles. The molecule has 0 spiro atoms. The fourth-order valence-electron chi connectivity index (χ4n) is 1.88. The summed E-state index contributed by atoms with van der Waals surface area (Å²) in [6, 6.07) is 14.7. The standard InChI is InChI=1S/C16H11Cl2N2S2/c1-10-4-2-3-5-11(10)9-21-16-20-19-15(22-16)13-7-6-12(17)8-14(13)18/h2-4,6-8H,9H2,1H3. The molecule has 0 N–H and O–H groups in total. The molecule has 0 saturated heterocycles. The highest BCUT2D eigenvalue weighted by atomic mass is 35.5. The Bertz CT molecular complexity index is 802. The van der Waals surface area contributed by atoms with E-state index in [1.165, 1.54) is 22.5 Å². The Kier molecular flexibility index (Phi) is 5.03. The van der Waals surface area contributed by atoms with Crippen molar-refractivity contribution in [2.45, 2.75) is 17.0 Å². The SMILES string of the molecule is Cc1ccc[c]c1CSc1nnc(-c2ccc(Cl)cc2Cl)s1. The third-order valence-electron chi connectivity index (χ3n) is 3.08. The molecule has 2 nitrogen and oxygen atoms in total. The highest BCUT2D eigenvalue weighted by Gasteiger charge is 2.11. The lowest BCUT2D eigenvalue weighted by Crippen LogP contribution is -1.85. The van der Waals surface area contributed by atoms with Crippen molar-refractivity contribution in [3.05, 3.63) is 63.6 Å². The van der Waals surface area contributed by atoms with Crippen molar-refractivity contribution >= 4 is 46.3 Å². The van der Waals surface area contributed by atoms with Crippen LogP contribution in [0.2, 0.25) is 10.0 Å². The second-order valence-electron chi connectivity index (χ2n) is 4.62. The lowest BCUT2D eigenvalue weighted by molar-refractivity contribution is 1.01. The molecule has 0 saturated carbocycles. The number of hydrogen-bond donors (Lipinski definition) is 0. The Hall–Kier alpha value is -1.07. The number of benzene rings is 2. The van der Waals surface area contributed by atoms with Crippen LogP contribution in [0.5, 0.6) is 0 Å². The van der Waals surface area contributed by atoms with Gasteiger partial charge in [-0.25, -0.2) is 0 Å². The van der Waals surface area contributed by atoms with Gasteiger partial charge in [0.05, 0.1) is 5.02 Å². The summed E-state index contributed by atoms with van der Waals surface area (Å²) in [7, 11) is 0. The number of aromatic nitrogens is 2. The number of hydrogen-bond acceptors (Lipinski definition) is 4. The lowest BCUT2D eigenvalue weighted by atomic mass is 10.1. The van der Waals surface area contributed by atoms with Crippen LogP contribution in [0.4, 0.5) is 0 Å². The number of rotatable bonds is 4. The van der Waals surface area contributed by atoms with E-state index in [2.05, 4.69) is 29.3 Å². The summed E-state index contributed by atoms with van der Waals surface area (Å²) < 4.78 is 0.915. The zero-order chi connectivity index (χ0) is 15.5. The van der Waals surface area contributed by atoms with E-state index in [-0.39, 0.29) is 0 Å². The van der Waals surface area contributed by atoms with Gasteiger partial charge in [-0.15, -0.1) is 10.2 Å². The van der Waals surface area contributed by atoms with Crippen molar-refractivity contribution in [3.8, 4) is 10.6 Å². The van der Waals surface area contributed by atoms with Gasteiger partial charge in [-0.3, -0.25) is 0 Å². The Morgan fingerprint density at radius 3 is 2.86 bits per heavy atom. The Labute approximate surface area is 147 Å². The minimum absolute atomic E-state index is 0.590. The van der Waals surface area contributed by atoms with E-state index in [1.54, 1.807) is 23.9 Å². The second kappa shape index (κ2) is 7.01. The van der Waals surface area contributed by atoms with Crippen LogP contribution in [0.25, 0.3) is 10.6 Å². The summed E-state index contributed by atoms with van der Waals surface area (Å²) in [5, 5.41) is 10.5. The molecule has 111 valence electrons. The molecular formula is C16H11Cl2N2S2. The van der Waals surface area contributed by atoms with Crippen LogP contribution in [0.3, 0.4) is 0 Å². The van der Waals surface area contributed by atoms with Crippen molar-refractivity contribution in [2.24, 2.45) is 0 Å². The Balaban J connectivity index is 1.75. The summed E-state index contributed by atoms with van der Waals surface area (Å²) in [5.41, 5.74) is 3.28. The minimum atomic E-state index is 0.590. The van der Waals surface area contributed by atoms with Crippen LogP contribution < -0.4 is 0 Å². The molecule has 0 unspecified atom stereocenters.